The van der Waals surface area contributed by atoms with Gasteiger partial charge in [0.15, 0.2) is 0 Å². The lowest BCUT2D eigenvalue weighted by atomic mass is 10.0. The van der Waals surface area contributed by atoms with Crippen LogP contribution in [0.25, 0.3) is 0 Å². The van der Waals surface area contributed by atoms with Crippen LogP contribution in [0.5, 0.6) is 0 Å². The van der Waals surface area contributed by atoms with Crippen molar-refractivity contribution < 1.29 is 14.3 Å². The summed E-state index contributed by atoms with van der Waals surface area (Å²) in [5.74, 6) is 0.449. The first kappa shape index (κ1) is 15.3. The zero-order valence-electron chi connectivity index (χ0n) is 12.1. The average molecular weight is 291 g/mol. The highest BCUT2D eigenvalue weighted by Gasteiger charge is 2.17. The summed E-state index contributed by atoms with van der Waals surface area (Å²) in [7, 11) is 0. The number of anilines is 2. The molecule has 1 unspecified atom stereocenters. The van der Waals surface area contributed by atoms with Crippen molar-refractivity contribution in [3.05, 3.63) is 24.3 Å². The van der Waals surface area contributed by atoms with E-state index in [2.05, 4.69) is 16.0 Å². The van der Waals surface area contributed by atoms with Gasteiger partial charge in [0.2, 0.25) is 5.91 Å². The van der Waals surface area contributed by atoms with Gasteiger partial charge in [-0.15, -0.1) is 0 Å². The number of ether oxygens (including phenoxy) is 1. The SMILES string of the molecule is CCOC(=O)Nc1ccc(NC(=O)CC2CCNC2)cc1. The van der Waals surface area contributed by atoms with Crippen LogP contribution in [0.15, 0.2) is 24.3 Å². The Balaban J connectivity index is 1.81. The summed E-state index contributed by atoms with van der Waals surface area (Å²) in [4.78, 5) is 23.1. The fourth-order valence-electron chi connectivity index (χ4n) is 2.28. The zero-order valence-corrected chi connectivity index (χ0v) is 12.1. The van der Waals surface area contributed by atoms with E-state index in [4.69, 9.17) is 4.74 Å². The Morgan fingerprint density at radius 1 is 1.24 bits per heavy atom. The molecule has 1 fully saturated rings. The van der Waals surface area contributed by atoms with Gasteiger partial charge in [0.1, 0.15) is 0 Å². The number of nitrogens with one attached hydrogen (secondary N) is 3. The second kappa shape index (κ2) is 7.64. The molecular formula is C15H21N3O3. The van der Waals surface area contributed by atoms with E-state index in [9.17, 15) is 9.59 Å². The number of carbonyl (C=O) groups is 2. The summed E-state index contributed by atoms with van der Waals surface area (Å²) in [6.45, 7) is 3.98. The molecule has 0 saturated carbocycles. The highest BCUT2D eigenvalue weighted by molar-refractivity contribution is 5.91. The molecule has 2 rings (SSSR count). The van der Waals surface area contributed by atoms with Gasteiger partial charge in [0.25, 0.3) is 0 Å². The molecule has 6 nitrogen and oxygen atoms in total. The Labute approximate surface area is 124 Å². The van der Waals surface area contributed by atoms with Crippen LogP contribution < -0.4 is 16.0 Å². The normalized spacial score (nSPS) is 17.3. The minimum Gasteiger partial charge on any atom is -0.450 e. The van der Waals surface area contributed by atoms with Gasteiger partial charge in [-0.1, -0.05) is 0 Å². The fraction of sp³-hybridized carbons (Fsp3) is 0.467. The van der Waals surface area contributed by atoms with Crippen LogP contribution in [-0.4, -0.2) is 31.7 Å². The summed E-state index contributed by atoms with van der Waals surface area (Å²) >= 11 is 0. The van der Waals surface area contributed by atoms with Crippen LogP contribution in [0.3, 0.4) is 0 Å². The topological polar surface area (TPSA) is 79.5 Å². The minimum absolute atomic E-state index is 0.0230. The summed E-state index contributed by atoms with van der Waals surface area (Å²) < 4.78 is 4.79. The summed E-state index contributed by atoms with van der Waals surface area (Å²) in [5.41, 5.74) is 1.35. The number of rotatable bonds is 5. The van der Waals surface area contributed by atoms with Gasteiger partial charge in [-0.25, -0.2) is 4.79 Å². The van der Waals surface area contributed by atoms with Crippen molar-refractivity contribution in [2.24, 2.45) is 5.92 Å². The van der Waals surface area contributed by atoms with Gasteiger partial charge in [-0.3, -0.25) is 10.1 Å². The van der Waals surface area contributed by atoms with Crippen molar-refractivity contribution in [1.29, 1.82) is 0 Å². The number of carbonyl (C=O) groups excluding carboxylic acids is 2. The molecule has 1 saturated heterocycles. The largest absolute Gasteiger partial charge is 0.450 e. The van der Waals surface area contributed by atoms with E-state index in [0.29, 0.717) is 24.6 Å². The van der Waals surface area contributed by atoms with Crippen LogP contribution in [-0.2, 0) is 9.53 Å². The zero-order chi connectivity index (χ0) is 15.1. The lowest BCUT2D eigenvalue weighted by molar-refractivity contribution is -0.116. The second-order valence-electron chi connectivity index (χ2n) is 5.03. The molecule has 114 valence electrons. The van der Waals surface area contributed by atoms with Crippen molar-refractivity contribution in [3.8, 4) is 0 Å². The molecular weight excluding hydrogens is 270 g/mol. The lowest BCUT2D eigenvalue weighted by Crippen LogP contribution is -2.18. The molecule has 0 aromatic heterocycles. The van der Waals surface area contributed by atoms with Crippen molar-refractivity contribution in [3.63, 3.8) is 0 Å². The van der Waals surface area contributed by atoms with Crippen molar-refractivity contribution in [1.82, 2.24) is 5.32 Å². The number of benzene rings is 1. The molecule has 2 amide bonds. The third-order valence-corrected chi connectivity index (χ3v) is 3.33. The number of amides is 2. The molecule has 6 heteroatoms. The highest BCUT2D eigenvalue weighted by Crippen LogP contribution is 2.16. The standard InChI is InChI=1S/C15H21N3O3/c1-2-21-15(20)18-13-5-3-12(4-6-13)17-14(19)9-11-7-8-16-10-11/h3-6,11,16H,2,7-10H2,1H3,(H,17,19)(H,18,20). The van der Waals surface area contributed by atoms with Crippen molar-refractivity contribution in [2.75, 3.05) is 30.3 Å². The minimum atomic E-state index is -0.483. The van der Waals surface area contributed by atoms with Crippen LogP contribution in [0.2, 0.25) is 0 Å². The molecule has 1 aromatic carbocycles. The first-order chi connectivity index (χ1) is 10.2. The molecule has 1 atom stereocenters. The molecule has 1 aromatic rings. The summed E-state index contributed by atoms with van der Waals surface area (Å²) in [5, 5.41) is 8.71. The molecule has 0 bridgehead atoms. The monoisotopic (exact) mass is 291 g/mol. The Bertz CT molecular complexity index is 481. The molecule has 3 N–H and O–H groups in total. The average Bonchev–Trinajstić information content (AvgIpc) is 2.94. The van der Waals surface area contributed by atoms with E-state index >= 15 is 0 Å². The van der Waals surface area contributed by atoms with Crippen LogP contribution in [0.4, 0.5) is 16.2 Å². The lowest BCUT2D eigenvalue weighted by Gasteiger charge is -2.10. The van der Waals surface area contributed by atoms with E-state index in [0.717, 1.165) is 25.2 Å². The van der Waals surface area contributed by atoms with Gasteiger partial charge < -0.3 is 15.4 Å². The Kier molecular flexibility index (Phi) is 5.57. The summed E-state index contributed by atoms with van der Waals surface area (Å²) in [6, 6.07) is 6.96. The second-order valence-corrected chi connectivity index (χ2v) is 5.03. The van der Waals surface area contributed by atoms with E-state index in [-0.39, 0.29) is 5.91 Å². The highest BCUT2D eigenvalue weighted by atomic mass is 16.5. The van der Waals surface area contributed by atoms with Crippen LogP contribution >= 0.6 is 0 Å². The Morgan fingerprint density at radius 3 is 2.48 bits per heavy atom. The molecule has 1 aliphatic heterocycles. The van der Waals surface area contributed by atoms with E-state index in [1.807, 2.05) is 0 Å². The van der Waals surface area contributed by atoms with E-state index in [1.54, 1.807) is 31.2 Å². The predicted octanol–water partition coefficient (Wildman–Crippen LogP) is 2.19. The number of hydrogen-bond donors (Lipinski definition) is 3. The van der Waals surface area contributed by atoms with Gasteiger partial charge >= 0.3 is 6.09 Å². The van der Waals surface area contributed by atoms with Gasteiger partial charge in [-0.2, -0.15) is 0 Å². The molecule has 1 aliphatic rings. The maximum atomic E-state index is 11.9. The first-order valence-electron chi connectivity index (χ1n) is 7.21. The smallest absolute Gasteiger partial charge is 0.411 e. The van der Waals surface area contributed by atoms with E-state index in [1.165, 1.54) is 0 Å². The van der Waals surface area contributed by atoms with Crippen molar-refractivity contribution in [2.45, 2.75) is 19.8 Å². The summed E-state index contributed by atoms with van der Waals surface area (Å²) in [6.07, 6.45) is 1.11. The fourth-order valence-corrected chi connectivity index (χ4v) is 2.28. The quantitative estimate of drug-likeness (QED) is 0.777. The molecule has 21 heavy (non-hydrogen) atoms. The van der Waals surface area contributed by atoms with Crippen LogP contribution in [0.1, 0.15) is 19.8 Å². The first-order valence-corrected chi connectivity index (χ1v) is 7.21. The van der Waals surface area contributed by atoms with Crippen LogP contribution in [0, 0.1) is 5.92 Å². The van der Waals surface area contributed by atoms with Gasteiger partial charge in [-0.05, 0) is 56.6 Å². The van der Waals surface area contributed by atoms with Gasteiger partial charge in [0, 0.05) is 17.8 Å². The van der Waals surface area contributed by atoms with Gasteiger partial charge in [0.05, 0.1) is 6.61 Å². The van der Waals surface area contributed by atoms with Crippen molar-refractivity contribution >= 4 is 23.4 Å². The third-order valence-electron chi connectivity index (χ3n) is 3.33. The molecule has 0 aliphatic carbocycles. The maximum absolute atomic E-state index is 11.9. The Morgan fingerprint density at radius 2 is 1.90 bits per heavy atom. The third kappa shape index (κ3) is 5.07. The molecule has 0 radical (unpaired) electrons. The molecule has 0 spiro atoms. The maximum Gasteiger partial charge on any atom is 0.411 e. The van der Waals surface area contributed by atoms with E-state index < -0.39 is 6.09 Å². The molecule has 1 heterocycles. The predicted molar refractivity (Wildman–Crippen MR) is 81.3 cm³/mol. The number of hydrogen-bond acceptors (Lipinski definition) is 4. The Hall–Kier alpha value is -2.08.